The number of esters is 1. The number of nitrogens with zero attached hydrogens (tertiary/aromatic N) is 2. The summed E-state index contributed by atoms with van der Waals surface area (Å²) in [5, 5.41) is 13.5. The van der Waals surface area contributed by atoms with E-state index in [0.717, 1.165) is 12.1 Å². The minimum absolute atomic E-state index is 0.00171. The molecule has 1 saturated heterocycles. The average Bonchev–Trinajstić information content (AvgIpc) is 2.75. The van der Waals surface area contributed by atoms with E-state index in [1.807, 2.05) is 4.90 Å². The number of hydrogen-bond donors (Lipinski definition) is 1. The summed E-state index contributed by atoms with van der Waals surface area (Å²) in [4.78, 5) is 37.2. The van der Waals surface area contributed by atoms with E-state index in [4.69, 9.17) is 4.74 Å². The zero-order valence-corrected chi connectivity index (χ0v) is 16.7. The molecule has 1 fully saturated rings. The van der Waals surface area contributed by atoms with Gasteiger partial charge in [-0.1, -0.05) is 12.1 Å². The third-order valence-corrected chi connectivity index (χ3v) is 5.10. The van der Waals surface area contributed by atoms with E-state index in [0.29, 0.717) is 37.7 Å². The molecular weight excluding hydrogens is 412 g/mol. The van der Waals surface area contributed by atoms with Crippen LogP contribution >= 0.6 is 0 Å². The third-order valence-electron chi connectivity index (χ3n) is 5.10. The number of benzene rings is 2. The van der Waals surface area contributed by atoms with Crippen molar-refractivity contribution >= 4 is 28.9 Å². The number of para-hydroxylation sites is 2. The quantitative estimate of drug-likeness (QED) is 0.424. The van der Waals surface area contributed by atoms with Gasteiger partial charge in [0.2, 0.25) is 0 Å². The van der Waals surface area contributed by atoms with Crippen LogP contribution in [0.4, 0.5) is 25.8 Å². The van der Waals surface area contributed by atoms with Crippen LogP contribution in [-0.2, 0) is 14.3 Å². The average molecular weight is 433 g/mol. The molecule has 1 aliphatic heterocycles. The van der Waals surface area contributed by atoms with Gasteiger partial charge in [0.1, 0.15) is 17.3 Å². The minimum Gasteiger partial charge on any atom is -0.452 e. The number of carbonyl (C=O) groups excluding carboxylic acids is 2. The van der Waals surface area contributed by atoms with Crippen LogP contribution in [0.2, 0.25) is 0 Å². The zero-order valence-electron chi connectivity index (χ0n) is 16.7. The summed E-state index contributed by atoms with van der Waals surface area (Å²) in [5.74, 6) is -3.48. The molecule has 1 amide bonds. The summed E-state index contributed by atoms with van der Waals surface area (Å²) in [7, 11) is 0. The highest BCUT2D eigenvalue weighted by Gasteiger charge is 2.31. The highest BCUT2D eigenvalue weighted by atomic mass is 19.1. The Balaban J connectivity index is 1.54. The van der Waals surface area contributed by atoms with Gasteiger partial charge in [0.25, 0.3) is 11.6 Å². The van der Waals surface area contributed by atoms with Crippen LogP contribution < -0.4 is 10.2 Å². The second kappa shape index (κ2) is 9.50. The van der Waals surface area contributed by atoms with Crippen molar-refractivity contribution in [2.24, 2.45) is 5.92 Å². The van der Waals surface area contributed by atoms with E-state index in [-0.39, 0.29) is 11.4 Å². The smallest absolute Gasteiger partial charge is 0.309 e. The number of halogens is 2. The fourth-order valence-corrected chi connectivity index (χ4v) is 3.39. The molecule has 0 saturated carbocycles. The number of amides is 1. The molecule has 3 rings (SSSR count). The lowest BCUT2D eigenvalue weighted by atomic mass is 9.96. The fourth-order valence-electron chi connectivity index (χ4n) is 3.39. The second-order valence-electron chi connectivity index (χ2n) is 7.20. The van der Waals surface area contributed by atoms with Crippen LogP contribution in [0.5, 0.6) is 0 Å². The van der Waals surface area contributed by atoms with Crippen molar-refractivity contribution in [2.45, 2.75) is 25.9 Å². The van der Waals surface area contributed by atoms with Gasteiger partial charge in [-0.25, -0.2) is 8.78 Å². The van der Waals surface area contributed by atoms with E-state index in [1.165, 1.54) is 13.0 Å². The van der Waals surface area contributed by atoms with E-state index >= 15 is 0 Å². The Morgan fingerprint density at radius 3 is 2.52 bits per heavy atom. The first-order chi connectivity index (χ1) is 14.8. The molecule has 1 aliphatic rings. The van der Waals surface area contributed by atoms with Crippen molar-refractivity contribution < 1.29 is 28.0 Å². The normalized spacial score (nSPS) is 15.3. The molecule has 0 bridgehead atoms. The van der Waals surface area contributed by atoms with E-state index in [2.05, 4.69) is 5.32 Å². The molecule has 8 nitrogen and oxygen atoms in total. The predicted octanol–water partition coefficient (Wildman–Crippen LogP) is 3.66. The standard InChI is InChI=1S/C21H21F2N3O5/c1-13(20(27)24-17-7-6-15(22)12-16(17)23)31-21(28)14-8-10-25(11-9-14)18-4-2-3-5-19(18)26(29)30/h2-7,12-14H,8-11H2,1H3,(H,24,27). The Bertz CT molecular complexity index is 993. The number of hydrogen-bond acceptors (Lipinski definition) is 6. The number of anilines is 2. The second-order valence-corrected chi connectivity index (χ2v) is 7.20. The maximum absolute atomic E-state index is 13.7. The van der Waals surface area contributed by atoms with Crippen molar-refractivity contribution in [1.82, 2.24) is 0 Å². The molecule has 1 N–H and O–H groups in total. The fraction of sp³-hybridized carbons (Fsp3) is 0.333. The summed E-state index contributed by atoms with van der Waals surface area (Å²) < 4.78 is 31.8. The Hall–Kier alpha value is -3.56. The molecule has 2 aromatic rings. The molecule has 1 heterocycles. The Morgan fingerprint density at radius 2 is 1.87 bits per heavy atom. The monoisotopic (exact) mass is 433 g/mol. The van der Waals surface area contributed by atoms with Gasteiger partial charge in [-0.15, -0.1) is 0 Å². The molecule has 0 spiro atoms. The van der Waals surface area contributed by atoms with Gasteiger partial charge in [-0.3, -0.25) is 19.7 Å². The van der Waals surface area contributed by atoms with Crippen LogP contribution in [0.25, 0.3) is 0 Å². The Morgan fingerprint density at radius 1 is 1.19 bits per heavy atom. The third kappa shape index (κ3) is 5.33. The van der Waals surface area contributed by atoms with E-state index in [1.54, 1.807) is 18.2 Å². The van der Waals surface area contributed by atoms with Gasteiger partial charge in [0, 0.05) is 25.2 Å². The SMILES string of the molecule is CC(OC(=O)C1CCN(c2ccccc2[N+](=O)[O-])CC1)C(=O)Nc1ccc(F)cc1F. The van der Waals surface area contributed by atoms with Crippen LogP contribution in [0.3, 0.4) is 0 Å². The molecule has 1 atom stereocenters. The summed E-state index contributed by atoms with van der Waals surface area (Å²) in [6, 6.07) is 9.12. The number of carbonyl (C=O) groups is 2. The first kappa shape index (κ1) is 22.1. The molecule has 0 aliphatic carbocycles. The number of rotatable bonds is 6. The lowest BCUT2D eigenvalue weighted by Crippen LogP contribution is -2.39. The van der Waals surface area contributed by atoms with Crippen LogP contribution in [0.1, 0.15) is 19.8 Å². The first-order valence-electron chi connectivity index (χ1n) is 9.71. The lowest BCUT2D eigenvalue weighted by molar-refractivity contribution is -0.384. The highest BCUT2D eigenvalue weighted by molar-refractivity contribution is 5.95. The van der Waals surface area contributed by atoms with E-state index in [9.17, 15) is 28.5 Å². The molecule has 2 aromatic carbocycles. The molecule has 0 radical (unpaired) electrons. The van der Waals surface area contributed by atoms with Crippen molar-refractivity contribution in [3.63, 3.8) is 0 Å². The Labute approximate surface area is 176 Å². The number of nitro benzene ring substituents is 1. The van der Waals surface area contributed by atoms with Crippen LogP contribution in [-0.4, -0.2) is 36.0 Å². The molecular formula is C21H21F2N3O5. The van der Waals surface area contributed by atoms with Crippen molar-refractivity contribution in [1.29, 1.82) is 0 Å². The molecule has 164 valence electrons. The number of nitrogens with one attached hydrogen (secondary N) is 1. The zero-order chi connectivity index (χ0) is 22.5. The largest absolute Gasteiger partial charge is 0.452 e. The van der Waals surface area contributed by atoms with Crippen LogP contribution in [0.15, 0.2) is 42.5 Å². The Kier molecular flexibility index (Phi) is 6.78. The van der Waals surface area contributed by atoms with Gasteiger partial charge >= 0.3 is 5.97 Å². The predicted molar refractivity (Wildman–Crippen MR) is 109 cm³/mol. The summed E-state index contributed by atoms with van der Waals surface area (Å²) in [6.45, 7) is 2.20. The lowest BCUT2D eigenvalue weighted by Gasteiger charge is -2.32. The summed E-state index contributed by atoms with van der Waals surface area (Å²) >= 11 is 0. The maximum Gasteiger partial charge on any atom is 0.309 e. The molecule has 10 heteroatoms. The highest BCUT2D eigenvalue weighted by Crippen LogP contribution is 2.31. The van der Waals surface area contributed by atoms with Crippen molar-refractivity contribution in [3.8, 4) is 0 Å². The molecule has 0 aromatic heterocycles. The first-order valence-corrected chi connectivity index (χ1v) is 9.71. The topological polar surface area (TPSA) is 102 Å². The summed E-state index contributed by atoms with van der Waals surface area (Å²) in [5.41, 5.74) is 0.280. The van der Waals surface area contributed by atoms with Crippen molar-refractivity contribution in [2.75, 3.05) is 23.3 Å². The van der Waals surface area contributed by atoms with Crippen molar-refractivity contribution in [3.05, 3.63) is 64.2 Å². The minimum atomic E-state index is -1.18. The number of nitro groups is 1. The molecule has 31 heavy (non-hydrogen) atoms. The summed E-state index contributed by atoms with van der Waals surface area (Å²) in [6.07, 6.45) is -0.359. The number of ether oxygens (including phenoxy) is 1. The van der Waals surface area contributed by atoms with E-state index < -0.39 is 40.5 Å². The van der Waals surface area contributed by atoms with Gasteiger partial charge in [-0.2, -0.15) is 0 Å². The van der Waals surface area contributed by atoms with Gasteiger partial charge in [-0.05, 0) is 38.0 Å². The van der Waals surface area contributed by atoms with Gasteiger partial charge < -0.3 is 15.0 Å². The van der Waals surface area contributed by atoms with Gasteiger partial charge in [0.15, 0.2) is 6.10 Å². The van der Waals surface area contributed by atoms with Gasteiger partial charge in [0.05, 0.1) is 16.5 Å². The maximum atomic E-state index is 13.7. The molecule has 1 unspecified atom stereocenters. The number of piperidine rings is 1. The van der Waals surface area contributed by atoms with Crippen LogP contribution in [0, 0.1) is 27.7 Å².